The second kappa shape index (κ2) is 11.1. The molecule has 5 rings (SSSR count). The van der Waals surface area contributed by atoms with Crippen molar-refractivity contribution in [2.24, 2.45) is 5.92 Å². The number of carboxylic acids is 2. The second-order valence-corrected chi connectivity index (χ2v) is 11.3. The molecule has 44 heavy (non-hydrogen) atoms. The third kappa shape index (κ3) is 4.90. The molecule has 4 aliphatic rings. The third-order valence-electron chi connectivity index (χ3n) is 8.70. The molecule has 0 aromatic heterocycles. The predicted octanol–water partition coefficient (Wildman–Crippen LogP) is 0.644. The molecule has 4 N–H and O–H groups in total. The number of ether oxygens (including phenoxy) is 5. The largest absolute Gasteiger partial charge is 0.504 e. The van der Waals surface area contributed by atoms with Gasteiger partial charge in [0.05, 0.1) is 17.4 Å². The molecule has 15 heteroatoms. The summed E-state index contributed by atoms with van der Waals surface area (Å²) in [7, 11) is 0. The molecule has 1 saturated carbocycles. The van der Waals surface area contributed by atoms with Gasteiger partial charge in [0.15, 0.2) is 17.6 Å². The van der Waals surface area contributed by atoms with Gasteiger partial charge in [-0.1, -0.05) is 12.5 Å². The van der Waals surface area contributed by atoms with Crippen molar-refractivity contribution in [3.05, 3.63) is 35.1 Å². The van der Waals surface area contributed by atoms with E-state index in [4.69, 9.17) is 28.8 Å². The number of rotatable bonds is 10. The molecule has 7 atom stereocenters. The Morgan fingerprint density at radius 2 is 1.66 bits per heavy atom. The van der Waals surface area contributed by atoms with E-state index in [1.807, 2.05) is 0 Å². The van der Waals surface area contributed by atoms with Crippen molar-refractivity contribution >= 4 is 35.8 Å². The maximum atomic E-state index is 13.6. The molecule has 0 unspecified atom stereocenters. The number of benzene rings is 1. The SMILES string of the molecule is CC(=O)O[C@@H](C(=O)OC1=CC[C@@]2(O)[C@@H]3CCC[C@@]24c2c(ccc(O)c2O[C@@H]14)C3)[C@@H](OC(C)=O)C(=O)O[C@@H](CC(=O)O)C(=O)O. The number of aliphatic hydroxyl groups is 1. The van der Waals surface area contributed by atoms with E-state index in [2.05, 4.69) is 0 Å². The summed E-state index contributed by atoms with van der Waals surface area (Å²) in [6, 6.07) is 3.25. The van der Waals surface area contributed by atoms with Gasteiger partial charge in [-0.3, -0.25) is 14.4 Å². The van der Waals surface area contributed by atoms with E-state index in [0.29, 0.717) is 24.8 Å². The van der Waals surface area contributed by atoms with Gasteiger partial charge in [0.25, 0.3) is 0 Å². The minimum atomic E-state index is -2.38. The number of aromatic hydroxyl groups is 1. The van der Waals surface area contributed by atoms with E-state index in [-0.39, 0.29) is 29.6 Å². The number of esters is 4. The quantitative estimate of drug-likeness (QED) is 0.208. The number of carboxylic acid groups (broad SMARTS) is 2. The van der Waals surface area contributed by atoms with E-state index >= 15 is 0 Å². The molecule has 1 spiro atoms. The number of hydrogen-bond donors (Lipinski definition) is 4. The Morgan fingerprint density at radius 1 is 1.00 bits per heavy atom. The van der Waals surface area contributed by atoms with Gasteiger partial charge in [-0.25, -0.2) is 14.4 Å². The summed E-state index contributed by atoms with van der Waals surface area (Å²) in [5.74, 6) is -9.17. The third-order valence-corrected chi connectivity index (χ3v) is 8.70. The van der Waals surface area contributed by atoms with Gasteiger partial charge >= 0.3 is 35.8 Å². The standard InChI is InChI=1S/C29H30O15/c1-12(30)40-22(23(41-13(2)31)27(38)43-18(25(35)36)11-19(33)34)26(37)42-17-7-9-29(39)15-4-3-8-28(29)20-14(10-15)5-6-16(32)21(20)44-24(17)28/h5-7,15,18,22-24,32,39H,3-4,8-11H2,1-2H3,(H,33,34)(H,35,36)/t15-,18+,22-,23-,24+,28+,29-/m1/s1. The fourth-order valence-corrected chi connectivity index (χ4v) is 7.08. The maximum Gasteiger partial charge on any atom is 0.357 e. The minimum absolute atomic E-state index is 0.0395. The Balaban J connectivity index is 1.48. The summed E-state index contributed by atoms with van der Waals surface area (Å²) in [4.78, 5) is 73.0. The molecule has 1 fully saturated rings. The van der Waals surface area contributed by atoms with Crippen LogP contribution < -0.4 is 4.74 Å². The summed E-state index contributed by atoms with van der Waals surface area (Å²) in [6.45, 7) is 1.73. The van der Waals surface area contributed by atoms with Crippen LogP contribution in [0.5, 0.6) is 11.5 Å². The van der Waals surface area contributed by atoms with E-state index in [0.717, 1.165) is 25.8 Å². The van der Waals surface area contributed by atoms with Gasteiger partial charge in [0.1, 0.15) is 5.76 Å². The van der Waals surface area contributed by atoms with Gasteiger partial charge in [0, 0.05) is 19.4 Å². The van der Waals surface area contributed by atoms with Crippen molar-refractivity contribution in [3.8, 4) is 11.5 Å². The number of aliphatic carboxylic acids is 2. The van der Waals surface area contributed by atoms with Gasteiger partial charge in [-0.15, -0.1) is 0 Å². The smallest absolute Gasteiger partial charge is 0.357 e. The number of hydrogen-bond acceptors (Lipinski definition) is 13. The molecule has 15 nitrogen and oxygen atoms in total. The summed E-state index contributed by atoms with van der Waals surface area (Å²) < 4.78 is 26.4. The van der Waals surface area contributed by atoms with E-state index in [9.17, 15) is 44.1 Å². The lowest BCUT2D eigenvalue weighted by Gasteiger charge is -2.59. The van der Waals surface area contributed by atoms with E-state index in [1.165, 1.54) is 12.1 Å². The lowest BCUT2D eigenvalue weighted by Crippen LogP contribution is -2.67. The van der Waals surface area contributed by atoms with Crippen molar-refractivity contribution in [2.45, 2.75) is 87.8 Å². The Morgan fingerprint density at radius 3 is 2.27 bits per heavy atom. The zero-order valence-corrected chi connectivity index (χ0v) is 23.6. The van der Waals surface area contributed by atoms with Crippen LogP contribution in [-0.4, -0.2) is 86.3 Å². The molecule has 1 aliphatic heterocycles. The molecule has 1 heterocycles. The van der Waals surface area contributed by atoms with Crippen LogP contribution in [0, 0.1) is 5.92 Å². The summed E-state index contributed by atoms with van der Waals surface area (Å²) in [5, 5.41) is 41.0. The highest BCUT2D eigenvalue weighted by molar-refractivity contribution is 5.91. The zero-order chi connectivity index (χ0) is 32.1. The van der Waals surface area contributed by atoms with Gasteiger partial charge in [-0.05, 0) is 49.3 Å². The minimum Gasteiger partial charge on any atom is -0.504 e. The lowest BCUT2D eigenvalue weighted by atomic mass is 9.47. The fourth-order valence-electron chi connectivity index (χ4n) is 7.08. The number of phenolic OH excluding ortho intramolecular Hbond substituents is 1. The van der Waals surface area contributed by atoms with Crippen LogP contribution in [-0.2, 0) is 59.6 Å². The zero-order valence-electron chi connectivity index (χ0n) is 23.6. The van der Waals surface area contributed by atoms with Crippen LogP contribution in [0.3, 0.4) is 0 Å². The van der Waals surface area contributed by atoms with Crippen LogP contribution in [0.15, 0.2) is 24.0 Å². The first-order chi connectivity index (χ1) is 20.7. The molecule has 236 valence electrons. The Labute approximate surface area is 249 Å². The monoisotopic (exact) mass is 618 g/mol. The first-order valence-electron chi connectivity index (χ1n) is 13.8. The molecular weight excluding hydrogens is 588 g/mol. The highest BCUT2D eigenvalue weighted by Gasteiger charge is 2.71. The van der Waals surface area contributed by atoms with Crippen molar-refractivity contribution in [1.82, 2.24) is 0 Å². The van der Waals surface area contributed by atoms with Crippen LogP contribution in [0.1, 0.15) is 57.1 Å². The Hall–Kier alpha value is -4.66. The number of carbonyl (C=O) groups is 6. The molecule has 0 amide bonds. The van der Waals surface area contributed by atoms with Crippen LogP contribution in [0.2, 0.25) is 0 Å². The van der Waals surface area contributed by atoms with Crippen molar-refractivity contribution in [2.75, 3.05) is 0 Å². The molecular formula is C29H30O15. The van der Waals surface area contributed by atoms with E-state index in [1.54, 1.807) is 6.07 Å². The maximum absolute atomic E-state index is 13.6. The number of carbonyl (C=O) groups excluding carboxylic acids is 4. The normalized spacial score (nSPS) is 27.7. The Kier molecular flexibility index (Phi) is 7.78. The highest BCUT2D eigenvalue weighted by atomic mass is 16.6. The van der Waals surface area contributed by atoms with Crippen LogP contribution in [0.25, 0.3) is 0 Å². The number of phenols is 1. The summed E-state index contributed by atoms with van der Waals surface area (Å²) in [6.07, 6.45) is -5.30. The van der Waals surface area contributed by atoms with Gasteiger partial charge in [-0.2, -0.15) is 0 Å². The average molecular weight is 619 g/mol. The average Bonchev–Trinajstić information content (AvgIpc) is 3.28. The first-order valence-corrected chi connectivity index (χ1v) is 13.8. The first kappa shape index (κ1) is 30.8. The van der Waals surface area contributed by atoms with Gasteiger partial charge in [0.2, 0.25) is 18.3 Å². The van der Waals surface area contributed by atoms with E-state index < -0.39 is 77.7 Å². The van der Waals surface area contributed by atoms with Crippen LogP contribution >= 0.6 is 0 Å². The predicted molar refractivity (Wildman–Crippen MR) is 140 cm³/mol. The van der Waals surface area contributed by atoms with Gasteiger partial charge < -0.3 is 44.1 Å². The molecule has 1 aromatic rings. The van der Waals surface area contributed by atoms with Crippen molar-refractivity contribution in [1.29, 1.82) is 0 Å². The topological polar surface area (TPSA) is 229 Å². The molecule has 1 aromatic carbocycles. The highest BCUT2D eigenvalue weighted by Crippen LogP contribution is 2.67. The summed E-state index contributed by atoms with van der Waals surface area (Å²) >= 11 is 0. The molecule has 3 aliphatic carbocycles. The summed E-state index contributed by atoms with van der Waals surface area (Å²) in [5.41, 5.74) is -0.892. The molecule has 0 radical (unpaired) electrons. The Bertz CT molecular complexity index is 1480. The van der Waals surface area contributed by atoms with Crippen molar-refractivity contribution in [3.63, 3.8) is 0 Å². The van der Waals surface area contributed by atoms with Crippen molar-refractivity contribution < 1.29 is 72.9 Å². The molecule has 0 saturated heterocycles. The fraction of sp³-hybridized carbons (Fsp3) is 0.517. The molecule has 2 bridgehead atoms. The van der Waals surface area contributed by atoms with Crippen LogP contribution in [0.4, 0.5) is 0 Å². The second-order valence-electron chi connectivity index (χ2n) is 11.3. The lowest BCUT2D eigenvalue weighted by molar-refractivity contribution is -0.195.